The van der Waals surface area contributed by atoms with Crippen LogP contribution in [0.4, 0.5) is 0 Å². The van der Waals surface area contributed by atoms with Gasteiger partial charge in [0.25, 0.3) is 0 Å². The van der Waals surface area contributed by atoms with Gasteiger partial charge in [-0.15, -0.1) is 0 Å². The number of rotatable bonds is 4. The second-order valence-electron chi connectivity index (χ2n) is 5.99. The summed E-state index contributed by atoms with van der Waals surface area (Å²) in [5, 5.41) is 0.818. The molecule has 1 saturated carbocycles. The molecule has 1 aliphatic carbocycles. The van der Waals surface area contributed by atoms with Crippen molar-refractivity contribution in [1.29, 1.82) is 0 Å². The topological polar surface area (TPSA) is 60.2 Å². The lowest BCUT2D eigenvalue weighted by Crippen LogP contribution is -2.38. The Hall–Kier alpha value is -0.290. The Morgan fingerprint density at radius 2 is 2.00 bits per heavy atom. The van der Waals surface area contributed by atoms with Crippen LogP contribution in [0.15, 0.2) is 18.2 Å². The lowest BCUT2D eigenvalue weighted by Gasteiger charge is -2.32. The summed E-state index contributed by atoms with van der Waals surface area (Å²) in [5.74, 6) is 0.243. The van der Waals surface area contributed by atoms with Gasteiger partial charge in [-0.3, -0.25) is 0 Å². The molecule has 0 heterocycles. The van der Waals surface area contributed by atoms with Crippen LogP contribution in [-0.2, 0) is 16.3 Å². The van der Waals surface area contributed by atoms with E-state index in [9.17, 15) is 8.42 Å². The van der Waals surface area contributed by atoms with E-state index in [1.165, 1.54) is 6.26 Å². The molecule has 1 aromatic rings. The Morgan fingerprint density at radius 1 is 1.29 bits per heavy atom. The number of sulfone groups is 1. The second kappa shape index (κ2) is 6.86. The minimum atomic E-state index is -2.97. The number of nitrogens with two attached hydrogens (primary N) is 1. The van der Waals surface area contributed by atoms with Gasteiger partial charge < -0.3 is 5.73 Å². The van der Waals surface area contributed by atoms with Crippen LogP contribution in [0.3, 0.4) is 0 Å². The van der Waals surface area contributed by atoms with E-state index < -0.39 is 9.84 Å². The summed E-state index contributed by atoms with van der Waals surface area (Å²) in [6, 6.07) is 5.48. The van der Waals surface area contributed by atoms with Gasteiger partial charge in [0.1, 0.15) is 9.84 Å². The molecule has 1 aliphatic rings. The predicted molar refractivity (Wildman–Crippen MR) is 88.7 cm³/mol. The van der Waals surface area contributed by atoms with Gasteiger partial charge in [-0.25, -0.2) is 8.42 Å². The van der Waals surface area contributed by atoms with Crippen molar-refractivity contribution in [3.63, 3.8) is 0 Å². The van der Waals surface area contributed by atoms with Crippen molar-refractivity contribution >= 4 is 33.0 Å². The maximum absolute atomic E-state index is 11.7. The molecule has 118 valence electrons. The summed E-state index contributed by atoms with van der Waals surface area (Å²) in [7, 11) is -2.97. The van der Waals surface area contributed by atoms with E-state index in [1.54, 1.807) is 6.07 Å². The van der Waals surface area contributed by atoms with Gasteiger partial charge in [0.2, 0.25) is 0 Å². The Kier molecular flexibility index (Phi) is 5.58. The van der Waals surface area contributed by atoms with Crippen LogP contribution in [0.5, 0.6) is 0 Å². The van der Waals surface area contributed by atoms with Crippen LogP contribution in [0.25, 0.3) is 0 Å². The summed E-state index contributed by atoms with van der Waals surface area (Å²) < 4.78 is 23.4. The largest absolute Gasteiger partial charge is 0.327 e. The first kappa shape index (κ1) is 17.1. The monoisotopic (exact) mass is 349 g/mol. The van der Waals surface area contributed by atoms with Gasteiger partial charge >= 0.3 is 0 Å². The van der Waals surface area contributed by atoms with Gasteiger partial charge in [-0.1, -0.05) is 35.7 Å². The molecule has 3 unspecified atom stereocenters. The average Bonchev–Trinajstić information content (AvgIpc) is 2.42. The van der Waals surface area contributed by atoms with E-state index in [1.807, 2.05) is 12.1 Å². The van der Waals surface area contributed by atoms with E-state index in [2.05, 4.69) is 0 Å². The number of benzene rings is 1. The average molecular weight is 350 g/mol. The molecule has 1 fully saturated rings. The quantitative estimate of drug-likeness (QED) is 0.905. The van der Waals surface area contributed by atoms with E-state index in [0.717, 1.165) is 24.8 Å². The summed E-state index contributed by atoms with van der Waals surface area (Å²) in [6.45, 7) is 0. The summed E-state index contributed by atoms with van der Waals surface area (Å²) in [4.78, 5) is 0. The van der Waals surface area contributed by atoms with Crippen molar-refractivity contribution in [2.24, 2.45) is 11.7 Å². The highest BCUT2D eigenvalue weighted by Gasteiger charge is 2.31. The number of hydrogen-bond donors (Lipinski definition) is 1. The minimum absolute atomic E-state index is 0.0493. The van der Waals surface area contributed by atoms with E-state index in [0.29, 0.717) is 22.9 Å². The molecule has 0 amide bonds. The Balaban J connectivity index is 2.02. The molecule has 0 radical (unpaired) electrons. The van der Waals surface area contributed by atoms with E-state index in [-0.39, 0.29) is 17.2 Å². The van der Waals surface area contributed by atoms with Crippen molar-refractivity contribution in [1.82, 2.24) is 0 Å². The molecular weight excluding hydrogens is 329 g/mol. The van der Waals surface area contributed by atoms with Crippen LogP contribution in [-0.4, -0.2) is 26.0 Å². The number of hydrogen-bond acceptors (Lipinski definition) is 3. The molecule has 2 rings (SSSR count). The lowest BCUT2D eigenvalue weighted by atomic mass is 9.82. The van der Waals surface area contributed by atoms with Crippen molar-refractivity contribution in [2.75, 3.05) is 6.26 Å². The van der Waals surface area contributed by atoms with Gasteiger partial charge in [0.05, 0.1) is 15.3 Å². The van der Waals surface area contributed by atoms with Gasteiger partial charge in [-0.05, 0) is 49.3 Å². The molecule has 3 nitrogen and oxygen atoms in total. The summed E-state index contributed by atoms with van der Waals surface area (Å²) >= 11 is 11.9. The molecule has 1 aromatic carbocycles. The smallest absolute Gasteiger partial charge is 0.150 e. The zero-order valence-electron chi connectivity index (χ0n) is 12.1. The predicted octanol–water partition coefficient (Wildman–Crippen LogP) is 3.47. The zero-order chi connectivity index (χ0) is 15.6. The van der Waals surface area contributed by atoms with Crippen molar-refractivity contribution in [2.45, 2.75) is 43.4 Å². The van der Waals surface area contributed by atoms with Crippen LogP contribution >= 0.6 is 23.2 Å². The molecule has 0 aromatic heterocycles. The van der Waals surface area contributed by atoms with Crippen LogP contribution in [0.1, 0.15) is 31.2 Å². The molecule has 0 saturated heterocycles. The first-order valence-corrected chi connectivity index (χ1v) is 9.87. The third kappa shape index (κ3) is 4.59. The molecular formula is C15H21Cl2NO2S. The molecule has 0 bridgehead atoms. The fourth-order valence-electron chi connectivity index (χ4n) is 3.06. The molecule has 2 N–H and O–H groups in total. The molecule has 0 aliphatic heterocycles. The highest BCUT2D eigenvalue weighted by atomic mass is 35.5. The highest BCUT2D eigenvalue weighted by Crippen LogP contribution is 2.31. The van der Waals surface area contributed by atoms with Crippen LogP contribution in [0.2, 0.25) is 10.0 Å². The SMILES string of the molecule is CS(=O)(=O)C1CCCC(C(N)Cc2ccc(Cl)c(Cl)c2)C1. The normalized spacial score (nSPS) is 24.8. The molecule has 6 heteroatoms. The molecule has 3 atom stereocenters. The Morgan fingerprint density at radius 3 is 2.62 bits per heavy atom. The van der Waals surface area contributed by atoms with Crippen molar-refractivity contribution < 1.29 is 8.42 Å². The first-order chi connectivity index (χ1) is 9.77. The second-order valence-corrected chi connectivity index (χ2v) is 9.13. The van der Waals surface area contributed by atoms with Crippen molar-refractivity contribution in [3.05, 3.63) is 33.8 Å². The highest BCUT2D eigenvalue weighted by molar-refractivity contribution is 7.91. The Labute approximate surface area is 136 Å². The van der Waals surface area contributed by atoms with Crippen LogP contribution in [0, 0.1) is 5.92 Å². The molecule has 21 heavy (non-hydrogen) atoms. The fraction of sp³-hybridized carbons (Fsp3) is 0.600. The summed E-state index contributed by atoms with van der Waals surface area (Å²) in [5.41, 5.74) is 7.34. The van der Waals surface area contributed by atoms with Crippen molar-refractivity contribution in [3.8, 4) is 0 Å². The lowest BCUT2D eigenvalue weighted by molar-refractivity contribution is 0.304. The third-order valence-corrected chi connectivity index (χ3v) is 6.71. The standard InChI is InChI=1S/C15H21Cl2NO2S/c1-21(19,20)12-4-2-3-11(9-12)15(18)8-10-5-6-13(16)14(17)7-10/h5-7,11-12,15H,2-4,8-9,18H2,1H3. The van der Waals surface area contributed by atoms with Crippen LogP contribution < -0.4 is 5.73 Å². The maximum Gasteiger partial charge on any atom is 0.150 e. The first-order valence-electron chi connectivity index (χ1n) is 7.15. The fourth-order valence-corrected chi connectivity index (χ4v) is 4.58. The zero-order valence-corrected chi connectivity index (χ0v) is 14.4. The third-order valence-electron chi connectivity index (χ3n) is 4.33. The number of halogens is 2. The van der Waals surface area contributed by atoms with Gasteiger partial charge in [0.15, 0.2) is 0 Å². The van der Waals surface area contributed by atoms with E-state index >= 15 is 0 Å². The van der Waals surface area contributed by atoms with Gasteiger partial charge in [-0.2, -0.15) is 0 Å². The molecule has 0 spiro atoms. The summed E-state index contributed by atoms with van der Waals surface area (Å²) in [6.07, 6.45) is 5.37. The maximum atomic E-state index is 11.7. The van der Waals surface area contributed by atoms with Gasteiger partial charge in [0, 0.05) is 12.3 Å². The Bertz CT molecular complexity index is 604. The minimum Gasteiger partial charge on any atom is -0.327 e. The van der Waals surface area contributed by atoms with E-state index in [4.69, 9.17) is 28.9 Å².